The molecule has 2 heterocycles. The minimum atomic E-state index is 0.0698. The van der Waals surface area contributed by atoms with Crippen LogP contribution in [0.1, 0.15) is 26.7 Å². The van der Waals surface area contributed by atoms with Crippen molar-refractivity contribution in [1.82, 2.24) is 14.9 Å². The van der Waals surface area contributed by atoms with E-state index in [1.165, 1.54) is 7.11 Å². The fourth-order valence-electron chi connectivity index (χ4n) is 2.19. The fourth-order valence-corrected chi connectivity index (χ4v) is 2.19. The van der Waals surface area contributed by atoms with E-state index < -0.39 is 0 Å². The Hall–Kier alpha value is -2.11. The Morgan fingerprint density at radius 3 is 2.71 bits per heavy atom. The van der Waals surface area contributed by atoms with E-state index in [2.05, 4.69) is 9.97 Å². The van der Waals surface area contributed by atoms with Gasteiger partial charge in [-0.3, -0.25) is 4.79 Å². The maximum Gasteiger partial charge on any atom is 0.319 e. The Bertz CT molecular complexity index is 519. The van der Waals surface area contributed by atoms with Crippen LogP contribution in [0.15, 0.2) is 23.9 Å². The number of amides is 1. The van der Waals surface area contributed by atoms with Crippen molar-refractivity contribution in [1.29, 1.82) is 0 Å². The summed E-state index contributed by atoms with van der Waals surface area (Å²) in [6.45, 7) is 5.26. The van der Waals surface area contributed by atoms with Gasteiger partial charge in [0.25, 0.3) is 0 Å². The molecule has 1 aromatic heterocycles. The number of likely N-dealkylation sites (tertiary alicyclic amines) is 1. The molecule has 0 atom stereocenters. The van der Waals surface area contributed by atoms with Crippen LogP contribution in [0.5, 0.6) is 11.9 Å². The molecule has 6 nitrogen and oxygen atoms in total. The molecule has 0 N–H and O–H groups in total. The summed E-state index contributed by atoms with van der Waals surface area (Å²) in [5, 5.41) is 0. The lowest BCUT2D eigenvalue weighted by atomic mass is 10.1. The highest BCUT2D eigenvalue weighted by atomic mass is 16.5. The van der Waals surface area contributed by atoms with Gasteiger partial charge in [-0.1, -0.05) is 5.57 Å². The first-order chi connectivity index (χ1) is 10.1. The van der Waals surface area contributed by atoms with E-state index in [-0.39, 0.29) is 12.0 Å². The van der Waals surface area contributed by atoms with E-state index >= 15 is 0 Å². The second-order valence-corrected chi connectivity index (χ2v) is 5.25. The molecule has 0 spiro atoms. The number of aromatic nitrogens is 2. The summed E-state index contributed by atoms with van der Waals surface area (Å²) in [6.07, 6.45) is 4.95. The molecule has 1 fully saturated rings. The van der Waals surface area contributed by atoms with Crippen molar-refractivity contribution < 1.29 is 14.3 Å². The molecular formula is C15H21N3O3. The predicted molar refractivity (Wildman–Crippen MR) is 78.2 cm³/mol. The molecule has 1 saturated heterocycles. The molecule has 6 heteroatoms. The van der Waals surface area contributed by atoms with Crippen LogP contribution >= 0.6 is 0 Å². The fraction of sp³-hybridized carbons (Fsp3) is 0.533. The Labute approximate surface area is 124 Å². The van der Waals surface area contributed by atoms with E-state index in [0.717, 1.165) is 18.4 Å². The van der Waals surface area contributed by atoms with E-state index in [0.29, 0.717) is 25.0 Å². The Morgan fingerprint density at radius 2 is 2.10 bits per heavy atom. The second kappa shape index (κ2) is 7.06. The van der Waals surface area contributed by atoms with Crippen LogP contribution in [0, 0.1) is 0 Å². The lowest BCUT2D eigenvalue weighted by Crippen LogP contribution is -2.41. The molecule has 0 radical (unpaired) electrons. The summed E-state index contributed by atoms with van der Waals surface area (Å²) < 4.78 is 10.8. The highest BCUT2D eigenvalue weighted by Crippen LogP contribution is 2.18. The lowest BCUT2D eigenvalue weighted by molar-refractivity contribution is -0.127. The smallest absolute Gasteiger partial charge is 0.319 e. The van der Waals surface area contributed by atoms with Gasteiger partial charge in [-0.15, -0.1) is 0 Å². The average Bonchev–Trinajstić information content (AvgIpc) is 2.47. The number of methoxy groups -OCH3 is 1. The molecule has 0 aliphatic carbocycles. The minimum Gasteiger partial charge on any atom is -0.474 e. The van der Waals surface area contributed by atoms with Crippen LogP contribution in [-0.4, -0.2) is 47.1 Å². The zero-order chi connectivity index (χ0) is 15.2. The number of hydrogen-bond acceptors (Lipinski definition) is 5. The van der Waals surface area contributed by atoms with Gasteiger partial charge in [0.05, 0.1) is 7.11 Å². The van der Waals surface area contributed by atoms with E-state index in [1.807, 2.05) is 18.7 Å². The standard InChI is InChI=1S/C15H21N3O3/c1-11(2)10-14(19)18-8-5-12(6-9-18)21-13-4-7-16-15(17-13)20-3/h4,7,10,12H,5-6,8-9H2,1-3H3. The first kappa shape index (κ1) is 15.3. The number of hydrogen-bond donors (Lipinski definition) is 0. The minimum absolute atomic E-state index is 0.0698. The third-order valence-electron chi connectivity index (χ3n) is 3.24. The van der Waals surface area contributed by atoms with Crippen molar-refractivity contribution in [2.75, 3.05) is 20.2 Å². The molecule has 1 aliphatic heterocycles. The van der Waals surface area contributed by atoms with Crippen LogP contribution in [0.3, 0.4) is 0 Å². The van der Waals surface area contributed by atoms with Crippen molar-refractivity contribution in [3.8, 4) is 11.9 Å². The molecule has 1 aromatic rings. The zero-order valence-electron chi connectivity index (χ0n) is 12.7. The van der Waals surface area contributed by atoms with Crippen molar-refractivity contribution in [2.24, 2.45) is 0 Å². The topological polar surface area (TPSA) is 64.6 Å². The van der Waals surface area contributed by atoms with Crippen LogP contribution in [0.2, 0.25) is 0 Å². The summed E-state index contributed by atoms with van der Waals surface area (Å²) in [5.41, 5.74) is 1.02. The monoisotopic (exact) mass is 291 g/mol. The number of carbonyl (C=O) groups is 1. The first-order valence-corrected chi connectivity index (χ1v) is 7.06. The Kier molecular flexibility index (Phi) is 5.14. The van der Waals surface area contributed by atoms with Gasteiger partial charge < -0.3 is 14.4 Å². The molecule has 0 unspecified atom stereocenters. The summed E-state index contributed by atoms with van der Waals surface area (Å²) >= 11 is 0. The largest absolute Gasteiger partial charge is 0.474 e. The van der Waals surface area contributed by atoms with Gasteiger partial charge >= 0.3 is 6.01 Å². The van der Waals surface area contributed by atoms with Gasteiger partial charge in [0.1, 0.15) is 6.10 Å². The van der Waals surface area contributed by atoms with Crippen molar-refractivity contribution in [3.63, 3.8) is 0 Å². The number of piperidine rings is 1. The molecule has 114 valence electrons. The number of allylic oxidation sites excluding steroid dienone is 1. The van der Waals surface area contributed by atoms with Crippen LogP contribution in [0.25, 0.3) is 0 Å². The molecule has 0 saturated carbocycles. The normalized spacial score (nSPS) is 15.5. The average molecular weight is 291 g/mol. The van der Waals surface area contributed by atoms with Gasteiger partial charge in [-0.25, -0.2) is 4.98 Å². The second-order valence-electron chi connectivity index (χ2n) is 5.25. The van der Waals surface area contributed by atoms with Gasteiger partial charge in [-0.05, 0) is 13.8 Å². The maximum atomic E-state index is 11.9. The van der Waals surface area contributed by atoms with Crippen molar-refractivity contribution in [3.05, 3.63) is 23.9 Å². The summed E-state index contributed by atoms with van der Waals surface area (Å²) in [6, 6.07) is 2.01. The molecule has 1 aliphatic rings. The number of rotatable bonds is 4. The lowest BCUT2D eigenvalue weighted by Gasteiger charge is -2.31. The molecule has 21 heavy (non-hydrogen) atoms. The third kappa shape index (κ3) is 4.44. The number of ether oxygens (including phenoxy) is 2. The Balaban J connectivity index is 1.86. The summed E-state index contributed by atoms with van der Waals surface area (Å²) in [4.78, 5) is 21.9. The molecular weight excluding hydrogens is 270 g/mol. The predicted octanol–water partition coefficient (Wildman–Crippen LogP) is 1.82. The van der Waals surface area contributed by atoms with Gasteiger partial charge in [0.2, 0.25) is 11.8 Å². The highest BCUT2D eigenvalue weighted by Gasteiger charge is 2.23. The Morgan fingerprint density at radius 1 is 1.38 bits per heavy atom. The number of carbonyl (C=O) groups excluding carboxylic acids is 1. The maximum absolute atomic E-state index is 11.9. The third-order valence-corrected chi connectivity index (χ3v) is 3.24. The first-order valence-electron chi connectivity index (χ1n) is 7.06. The van der Waals surface area contributed by atoms with Crippen LogP contribution in [-0.2, 0) is 4.79 Å². The molecule has 1 amide bonds. The zero-order valence-corrected chi connectivity index (χ0v) is 12.7. The van der Waals surface area contributed by atoms with Crippen LogP contribution < -0.4 is 9.47 Å². The number of nitrogens with zero attached hydrogens (tertiary/aromatic N) is 3. The van der Waals surface area contributed by atoms with Gasteiger partial charge in [-0.2, -0.15) is 4.98 Å². The van der Waals surface area contributed by atoms with E-state index in [4.69, 9.17) is 9.47 Å². The van der Waals surface area contributed by atoms with E-state index in [9.17, 15) is 4.79 Å². The quantitative estimate of drug-likeness (QED) is 0.792. The highest BCUT2D eigenvalue weighted by molar-refractivity contribution is 5.88. The summed E-state index contributed by atoms with van der Waals surface area (Å²) in [5.74, 6) is 0.591. The van der Waals surface area contributed by atoms with Crippen molar-refractivity contribution >= 4 is 5.91 Å². The van der Waals surface area contributed by atoms with Crippen LogP contribution in [0.4, 0.5) is 0 Å². The molecule has 0 bridgehead atoms. The van der Waals surface area contributed by atoms with E-state index in [1.54, 1.807) is 18.3 Å². The van der Waals surface area contributed by atoms with Gasteiger partial charge in [0, 0.05) is 44.3 Å². The SMILES string of the molecule is COc1nccc(OC2CCN(C(=O)C=C(C)C)CC2)n1. The summed E-state index contributed by atoms with van der Waals surface area (Å²) in [7, 11) is 1.52. The molecule has 0 aromatic carbocycles. The molecule has 2 rings (SSSR count). The van der Waals surface area contributed by atoms with Gasteiger partial charge in [0.15, 0.2) is 0 Å². The van der Waals surface area contributed by atoms with Crippen molar-refractivity contribution in [2.45, 2.75) is 32.8 Å².